The van der Waals surface area contributed by atoms with E-state index in [0.717, 1.165) is 22.5 Å². The lowest BCUT2D eigenvalue weighted by molar-refractivity contribution is -0.125. The van der Waals surface area contributed by atoms with Crippen molar-refractivity contribution in [3.05, 3.63) is 51.0 Å². The second kappa shape index (κ2) is 8.22. The molecule has 0 radical (unpaired) electrons. The molecule has 0 aliphatic heterocycles. The molecule has 2 aromatic rings. The molecule has 1 aromatic heterocycles. The molecule has 0 aliphatic rings. The van der Waals surface area contributed by atoms with Gasteiger partial charge in [-0.05, 0) is 33.5 Å². The molecule has 6 nitrogen and oxygen atoms in total. The average Bonchev–Trinajstić information content (AvgIpc) is 2.90. The standard InChI is InChI=1S/C18H23N3O3S/c1-11-5-7-13(8-6-11)15(21(3)4)17(22)19-10-9-14-20-12(2)16(25-14)18(23)24/h5-8,15H,9-10H2,1-4H3,(H,19,22)(H,23,24)/t15-/m0/s1. The summed E-state index contributed by atoms with van der Waals surface area (Å²) in [6.45, 7) is 4.11. The number of nitrogens with one attached hydrogen (secondary N) is 1. The Bertz CT molecular complexity index is 753. The zero-order chi connectivity index (χ0) is 18.6. The van der Waals surface area contributed by atoms with Crippen LogP contribution in [0.25, 0.3) is 0 Å². The van der Waals surface area contributed by atoms with E-state index in [2.05, 4.69) is 10.3 Å². The van der Waals surface area contributed by atoms with Gasteiger partial charge in [-0.2, -0.15) is 0 Å². The Hall–Kier alpha value is -2.25. The van der Waals surface area contributed by atoms with Crippen LogP contribution in [0, 0.1) is 13.8 Å². The van der Waals surface area contributed by atoms with Gasteiger partial charge in [0.15, 0.2) is 0 Å². The van der Waals surface area contributed by atoms with Crippen LogP contribution < -0.4 is 5.32 Å². The first-order valence-corrected chi connectivity index (χ1v) is 8.81. The van der Waals surface area contributed by atoms with Crippen LogP contribution in [0.15, 0.2) is 24.3 Å². The molecule has 7 heteroatoms. The van der Waals surface area contributed by atoms with Gasteiger partial charge in [-0.3, -0.25) is 9.69 Å². The predicted molar refractivity (Wildman–Crippen MR) is 98.1 cm³/mol. The molecule has 25 heavy (non-hydrogen) atoms. The number of aromatic carboxylic acids is 1. The van der Waals surface area contributed by atoms with Crippen molar-refractivity contribution in [1.82, 2.24) is 15.2 Å². The third-order valence-corrected chi connectivity index (χ3v) is 5.04. The molecule has 1 aromatic carbocycles. The topological polar surface area (TPSA) is 82.5 Å². The van der Waals surface area contributed by atoms with E-state index in [4.69, 9.17) is 5.11 Å². The number of carboxylic acids is 1. The van der Waals surface area contributed by atoms with Crippen molar-refractivity contribution < 1.29 is 14.7 Å². The molecule has 0 aliphatic carbocycles. The van der Waals surface area contributed by atoms with Crippen LogP contribution >= 0.6 is 11.3 Å². The molecule has 1 amide bonds. The quantitative estimate of drug-likeness (QED) is 0.791. The summed E-state index contributed by atoms with van der Waals surface area (Å²) in [5, 5.41) is 12.7. The lowest BCUT2D eigenvalue weighted by Gasteiger charge is -2.24. The highest BCUT2D eigenvalue weighted by Gasteiger charge is 2.22. The average molecular weight is 361 g/mol. The minimum absolute atomic E-state index is 0.0828. The fourth-order valence-corrected chi connectivity index (χ4v) is 3.48. The predicted octanol–water partition coefficient (Wildman–Crippen LogP) is 2.42. The number of carbonyl (C=O) groups excluding carboxylic acids is 1. The van der Waals surface area contributed by atoms with Crippen LogP contribution in [0.5, 0.6) is 0 Å². The summed E-state index contributed by atoms with van der Waals surface area (Å²) in [6, 6.07) is 7.54. The number of aromatic nitrogens is 1. The fourth-order valence-electron chi connectivity index (χ4n) is 2.58. The summed E-state index contributed by atoms with van der Waals surface area (Å²) < 4.78 is 0. The fraction of sp³-hybridized carbons (Fsp3) is 0.389. The van der Waals surface area contributed by atoms with Gasteiger partial charge in [-0.1, -0.05) is 29.8 Å². The Kier molecular flexibility index (Phi) is 6.27. The van der Waals surface area contributed by atoms with E-state index in [0.29, 0.717) is 23.7 Å². The summed E-state index contributed by atoms with van der Waals surface area (Å²) in [5.41, 5.74) is 2.60. The molecule has 1 atom stereocenters. The number of benzene rings is 1. The second-order valence-electron chi connectivity index (χ2n) is 6.15. The maximum atomic E-state index is 12.6. The number of rotatable bonds is 7. The van der Waals surface area contributed by atoms with Crippen LogP contribution in [0.3, 0.4) is 0 Å². The van der Waals surface area contributed by atoms with Crippen molar-refractivity contribution >= 4 is 23.2 Å². The Morgan fingerprint density at radius 3 is 2.40 bits per heavy atom. The molecule has 2 rings (SSSR count). The van der Waals surface area contributed by atoms with E-state index in [1.165, 1.54) is 0 Å². The Balaban J connectivity index is 1.98. The molecule has 0 unspecified atom stereocenters. The second-order valence-corrected chi connectivity index (χ2v) is 7.23. The van der Waals surface area contributed by atoms with E-state index in [1.807, 2.05) is 50.2 Å². The van der Waals surface area contributed by atoms with Gasteiger partial charge in [0, 0.05) is 13.0 Å². The van der Waals surface area contributed by atoms with Gasteiger partial charge in [-0.25, -0.2) is 9.78 Å². The zero-order valence-electron chi connectivity index (χ0n) is 14.9. The summed E-state index contributed by atoms with van der Waals surface area (Å²) in [6.07, 6.45) is 0.512. The zero-order valence-corrected chi connectivity index (χ0v) is 15.7. The molecule has 0 saturated carbocycles. The van der Waals surface area contributed by atoms with E-state index >= 15 is 0 Å². The van der Waals surface area contributed by atoms with Crippen molar-refractivity contribution in [3.63, 3.8) is 0 Å². The van der Waals surface area contributed by atoms with Crippen LogP contribution in [-0.4, -0.2) is 47.5 Å². The maximum Gasteiger partial charge on any atom is 0.347 e. The van der Waals surface area contributed by atoms with Crippen molar-refractivity contribution in [1.29, 1.82) is 0 Å². The number of thiazole rings is 1. The van der Waals surface area contributed by atoms with E-state index in [-0.39, 0.29) is 16.8 Å². The monoisotopic (exact) mass is 361 g/mol. The number of nitrogens with zero attached hydrogens (tertiary/aromatic N) is 2. The lowest BCUT2D eigenvalue weighted by Crippen LogP contribution is -2.37. The molecule has 134 valence electrons. The van der Waals surface area contributed by atoms with E-state index < -0.39 is 5.97 Å². The molecule has 1 heterocycles. The Labute approximate surface area is 151 Å². The number of carboxylic acid groups (broad SMARTS) is 1. The molecule has 0 fully saturated rings. The third-order valence-electron chi connectivity index (χ3n) is 3.83. The minimum Gasteiger partial charge on any atom is -0.477 e. The van der Waals surface area contributed by atoms with E-state index in [1.54, 1.807) is 6.92 Å². The first-order chi connectivity index (χ1) is 11.8. The van der Waals surface area contributed by atoms with Gasteiger partial charge in [-0.15, -0.1) is 11.3 Å². The summed E-state index contributed by atoms with van der Waals surface area (Å²) >= 11 is 1.16. The number of amides is 1. The number of hydrogen-bond acceptors (Lipinski definition) is 5. The first kappa shape index (κ1) is 19.1. The van der Waals surface area contributed by atoms with Gasteiger partial charge in [0.05, 0.1) is 10.7 Å². The molecule has 0 bridgehead atoms. The number of hydrogen-bond donors (Lipinski definition) is 2. The highest BCUT2D eigenvalue weighted by atomic mass is 32.1. The Morgan fingerprint density at radius 1 is 1.24 bits per heavy atom. The molecule has 0 saturated heterocycles. The van der Waals surface area contributed by atoms with E-state index in [9.17, 15) is 9.59 Å². The first-order valence-electron chi connectivity index (χ1n) is 8.00. The minimum atomic E-state index is -0.961. The van der Waals surface area contributed by atoms with Gasteiger partial charge >= 0.3 is 5.97 Å². The molecule has 0 spiro atoms. The van der Waals surface area contributed by atoms with Crippen molar-refractivity contribution in [2.75, 3.05) is 20.6 Å². The van der Waals surface area contributed by atoms with Crippen LogP contribution in [0.1, 0.15) is 37.5 Å². The van der Waals surface area contributed by atoms with Crippen molar-refractivity contribution in [2.45, 2.75) is 26.3 Å². The Morgan fingerprint density at radius 2 is 1.88 bits per heavy atom. The highest BCUT2D eigenvalue weighted by Crippen LogP contribution is 2.20. The summed E-state index contributed by atoms with van der Waals surface area (Å²) in [5.74, 6) is -1.04. The van der Waals surface area contributed by atoms with Gasteiger partial charge < -0.3 is 10.4 Å². The van der Waals surface area contributed by atoms with Crippen LogP contribution in [0.4, 0.5) is 0 Å². The van der Waals surface area contributed by atoms with Gasteiger partial charge in [0.2, 0.25) is 5.91 Å². The number of carbonyl (C=O) groups is 2. The number of likely N-dealkylation sites (N-methyl/N-ethyl adjacent to an activating group) is 1. The van der Waals surface area contributed by atoms with Gasteiger partial charge in [0.25, 0.3) is 0 Å². The van der Waals surface area contributed by atoms with Crippen molar-refractivity contribution in [2.24, 2.45) is 0 Å². The molecule has 2 N–H and O–H groups in total. The molecular formula is C18H23N3O3S. The smallest absolute Gasteiger partial charge is 0.347 e. The molecular weight excluding hydrogens is 338 g/mol. The maximum absolute atomic E-state index is 12.6. The normalized spacial score (nSPS) is 12.2. The van der Waals surface area contributed by atoms with Crippen LogP contribution in [-0.2, 0) is 11.2 Å². The lowest BCUT2D eigenvalue weighted by atomic mass is 10.0. The van der Waals surface area contributed by atoms with Crippen LogP contribution in [0.2, 0.25) is 0 Å². The largest absolute Gasteiger partial charge is 0.477 e. The van der Waals surface area contributed by atoms with Crippen molar-refractivity contribution in [3.8, 4) is 0 Å². The van der Waals surface area contributed by atoms with Gasteiger partial charge in [0.1, 0.15) is 10.9 Å². The third kappa shape index (κ3) is 4.87. The summed E-state index contributed by atoms with van der Waals surface area (Å²) in [4.78, 5) is 30.0. The SMILES string of the molecule is Cc1ccc([C@@H](C(=O)NCCc2nc(C)c(C(=O)O)s2)N(C)C)cc1. The highest BCUT2D eigenvalue weighted by molar-refractivity contribution is 7.13. The summed E-state index contributed by atoms with van der Waals surface area (Å²) in [7, 11) is 3.74. The number of aryl methyl sites for hydroxylation is 2.